The molecule has 0 aromatic heterocycles. The number of hydrogen-bond donors (Lipinski definition) is 1. The number of rotatable bonds is 5. The van der Waals surface area contributed by atoms with Crippen LogP contribution in [0.15, 0.2) is 18.2 Å². The molecule has 1 aromatic rings. The van der Waals surface area contributed by atoms with Gasteiger partial charge in [0.15, 0.2) is 0 Å². The Labute approximate surface area is 137 Å². The van der Waals surface area contributed by atoms with Crippen LogP contribution in [0.5, 0.6) is 5.75 Å². The van der Waals surface area contributed by atoms with E-state index in [0.717, 1.165) is 44.6 Å². The SMILES string of the molecule is COCC(=O)NCC1CCN2CCc3cc(OC)ccc3C2C1. The van der Waals surface area contributed by atoms with Crippen LogP contribution >= 0.6 is 0 Å². The van der Waals surface area contributed by atoms with Crippen molar-refractivity contribution < 1.29 is 14.3 Å². The van der Waals surface area contributed by atoms with Crippen LogP contribution in [0, 0.1) is 5.92 Å². The van der Waals surface area contributed by atoms with Crippen molar-refractivity contribution in [2.45, 2.75) is 25.3 Å². The molecule has 0 aliphatic carbocycles. The second-order valence-corrected chi connectivity index (χ2v) is 6.49. The Bertz CT molecular complexity index is 561. The number of fused-ring (bicyclic) bond motifs is 3. The summed E-state index contributed by atoms with van der Waals surface area (Å²) in [6.07, 6.45) is 3.35. The number of nitrogens with zero attached hydrogens (tertiary/aromatic N) is 1. The number of nitrogens with one attached hydrogen (secondary N) is 1. The Morgan fingerprint density at radius 2 is 2.22 bits per heavy atom. The maximum Gasteiger partial charge on any atom is 0.245 e. The minimum absolute atomic E-state index is 0.0243. The third-order valence-corrected chi connectivity index (χ3v) is 5.06. The summed E-state index contributed by atoms with van der Waals surface area (Å²) < 4.78 is 10.2. The van der Waals surface area contributed by atoms with Gasteiger partial charge in [0.1, 0.15) is 12.4 Å². The van der Waals surface area contributed by atoms with Crippen LogP contribution in [0.3, 0.4) is 0 Å². The summed E-state index contributed by atoms with van der Waals surface area (Å²) in [4.78, 5) is 14.2. The lowest BCUT2D eigenvalue weighted by Crippen LogP contribution is -2.44. The Kier molecular flexibility index (Phi) is 5.18. The fourth-order valence-corrected chi connectivity index (χ4v) is 3.82. The van der Waals surface area contributed by atoms with E-state index >= 15 is 0 Å². The first-order valence-corrected chi connectivity index (χ1v) is 8.37. The fourth-order valence-electron chi connectivity index (χ4n) is 3.82. The number of amides is 1. The smallest absolute Gasteiger partial charge is 0.245 e. The molecule has 5 nitrogen and oxygen atoms in total. The number of ether oxygens (including phenoxy) is 2. The fraction of sp³-hybridized carbons (Fsp3) is 0.611. The van der Waals surface area contributed by atoms with Crippen LogP contribution < -0.4 is 10.1 Å². The highest BCUT2D eigenvalue weighted by molar-refractivity contribution is 5.77. The quantitative estimate of drug-likeness (QED) is 0.899. The number of hydrogen-bond acceptors (Lipinski definition) is 4. The van der Waals surface area contributed by atoms with Gasteiger partial charge in [-0.2, -0.15) is 0 Å². The van der Waals surface area contributed by atoms with E-state index in [-0.39, 0.29) is 12.5 Å². The molecule has 2 atom stereocenters. The van der Waals surface area contributed by atoms with E-state index in [1.165, 1.54) is 11.1 Å². The maximum absolute atomic E-state index is 11.6. The van der Waals surface area contributed by atoms with E-state index in [4.69, 9.17) is 9.47 Å². The van der Waals surface area contributed by atoms with Crippen LogP contribution in [0.4, 0.5) is 0 Å². The minimum atomic E-state index is -0.0243. The topological polar surface area (TPSA) is 50.8 Å². The van der Waals surface area contributed by atoms with Crippen LogP contribution in [-0.2, 0) is 16.0 Å². The van der Waals surface area contributed by atoms with Crippen LogP contribution in [0.2, 0.25) is 0 Å². The molecule has 2 unspecified atom stereocenters. The van der Waals surface area contributed by atoms with Gasteiger partial charge in [-0.1, -0.05) is 6.07 Å². The largest absolute Gasteiger partial charge is 0.497 e. The minimum Gasteiger partial charge on any atom is -0.497 e. The summed E-state index contributed by atoms with van der Waals surface area (Å²) in [5.41, 5.74) is 2.85. The highest BCUT2D eigenvalue weighted by atomic mass is 16.5. The van der Waals surface area contributed by atoms with Gasteiger partial charge >= 0.3 is 0 Å². The summed E-state index contributed by atoms with van der Waals surface area (Å²) in [6, 6.07) is 6.93. The molecule has 0 bridgehead atoms. The molecular formula is C18H26N2O3. The average molecular weight is 318 g/mol. The van der Waals surface area contributed by atoms with Gasteiger partial charge in [0.2, 0.25) is 5.91 Å². The Balaban J connectivity index is 1.66. The zero-order valence-corrected chi connectivity index (χ0v) is 14.0. The van der Waals surface area contributed by atoms with Crippen molar-refractivity contribution in [2.24, 2.45) is 5.92 Å². The molecule has 0 saturated carbocycles. The molecule has 23 heavy (non-hydrogen) atoms. The van der Waals surface area contributed by atoms with Gasteiger partial charge < -0.3 is 14.8 Å². The van der Waals surface area contributed by atoms with Gasteiger partial charge in [-0.25, -0.2) is 0 Å². The summed E-state index contributed by atoms with van der Waals surface area (Å²) in [5, 5.41) is 2.99. The number of piperidine rings is 1. The molecule has 1 amide bonds. The van der Waals surface area contributed by atoms with Crippen molar-refractivity contribution in [3.8, 4) is 5.75 Å². The van der Waals surface area contributed by atoms with E-state index in [1.807, 2.05) is 0 Å². The van der Waals surface area contributed by atoms with Gasteiger partial charge in [-0.3, -0.25) is 9.69 Å². The molecule has 126 valence electrons. The molecule has 3 rings (SSSR count). The van der Waals surface area contributed by atoms with Gasteiger partial charge in [0, 0.05) is 26.2 Å². The molecule has 2 aliphatic heterocycles. The lowest BCUT2D eigenvalue weighted by Gasteiger charge is -2.43. The summed E-state index contributed by atoms with van der Waals surface area (Å²) in [6.45, 7) is 3.12. The van der Waals surface area contributed by atoms with Gasteiger partial charge in [0.25, 0.3) is 0 Å². The first-order valence-electron chi connectivity index (χ1n) is 8.37. The van der Waals surface area contributed by atoms with Crippen molar-refractivity contribution >= 4 is 5.91 Å². The van der Waals surface area contributed by atoms with Gasteiger partial charge in [-0.05, 0) is 55.0 Å². The van der Waals surface area contributed by atoms with Gasteiger partial charge in [0.05, 0.1) is 7.11 Å². The monoisotopic (exact) mass is 318 g/mol. The molecular weight excluding hydrogens is 292 g/mol. The summed E-state index contributed by atoms with van der Waals surface area (Å²) in [7, 11) is 3.27. The van der Waals surface area contributed by atoms with Crippen LogP contribution in [-0.4, -0.2) is 51.3 Å². The first-order chi connectivity index (χ1) is 11.2. The lowest BCUT2D eigenvalue weighted by molar-refractivity contribution is -0.125. The van der Waals surface area contributed by atoms with E-state index in [1.54, 1.807) is 14.2 Å². The normalized spacial score (nSPS) is 23.7. The molecule has 1 fully saturated rings. The van der Waals surface area contributed by atoms with E-state index in [9.17, 15) is 4.79 Å². The molecule has 0 spiro atoms. The highest BCUT2D eigenvalue weighted by Crippen LogP contribution is 2.39. The van der Waals surface area contributed by atoms with Crippen LogP contribution in [0.1, 0.15) is 30.0 Å². The van der Waals surface area contributed by atoms with E-state index in [0.29, 0.717) is 12.0 Å². The number of benzene rings is 1. The van der Waals surface area contributed by atoms with E-state index < -0.39 is 0 Å². The Morgan fingerprint density at radius 1 is 1.35 bits per heavy atom. The van der Waals surface area contributed by atoms with Crippen molar-refractivity contribution in [1.29, 1.82) is 0 Å². The molecule has 2 heterocycles. The standard InChI is InChI=1S/C18H26N2O3/c1-22-12-18(21)19-11-13-5-7-20-8-6-14-10-15(23-2)3-4-16(14)17(20)9-13/h3-4,10,13,17H,5-9,11-12H2,1-2H3,(H,19,21). The first kappa shape index (κ1) is 16.3. The molecule has 0 radical (unpaired) electrons. The molecule has 1 aromatic carbocycles. The Hall–Kier alpha value is -1.59. The predicted molar refractivity (Wildman–Crippen MR) is 88.6 cm³/mol. The van der Waals surface area contributed by atoms with Crippen molar-refractivity contribution in [3.05, 3.63) is 29.3 Å². The molecule has 5 heteroatoms. The molecule has 2 aliphatic rings. The predicted octanol–water partition coefficient (Wildman–Crippen LogP) is 1.77. The highest BCUT2D eigenvalue weighted by Gasteiger charge is 2.33. The van der Waals surface area contributed by atoms with Crippen molar-refractivity contribution in [1.82, 2.24) is 10.2 Å². The number of carbonyl (C=O) groups is 1. The zero-order chi connectivity index (χ0) is 16.2. The van der Waals surface area contributed by atoms with Gasteiger partial charge in [-0.15, -0.1) is 0 Å². The van der Waals surface area contributed by atoms with E-state index in [2.05, 4.69) is 28.4 Å². The van der Waals surface area contributed by atoms with Crippen molar-refractivity contribution in [3.63, 3.8) is 0 Å². The van der Waals surface area contributed by atoms with Crippen molar-refractivity contribution in [2.75, 3.05) is 40.5 Å². The summed E-state index contributed by atoms with van der Waals surface area (Å²) in [5.74, 6) is 1.45. The third-order valence-electron chi connectivity index (χ3n) is 5.06. The second-order valence-electron chi connectivity index (χ2n) is 6.49. The average Bonchev–Trinajstić information content (AvgIpc) is 2.59. The molecule has 1 saturated heterocycles. The second kappa shape index (κ2) is 7.32. The zero-order valence-electron chi connectivity index (χ0n) is 14.0. The number of methoxy groups -OCH3 is 2. The third kappa shape index (κ3) is 3.67. The van der Waals surface area contributed by atoms with Crippen LogP contribution in [0.25, 0.3) is 0 Å². The maximum atomic E-state index is 11.6. The number of carbonyl (C=O) groups excluding carboxylic acids is 1. The summed E-state index contributed by atoms with van der Waals surface area (Å²) >= 11 is 0. The lowest BCUT2D eigenvalue weighted by atomic mass is 9.82. The Morgan fingerprint density at radius 3 is 3.00 bits per heavy atom. The molecule has 1 N–H and O–H groups in total.